The first-order valence-electron chi connectivity index (χ1n) is 14.3. The highest BCUT2D eigenvalue weighted by molar-refractivity contribution is 7.92. The highest BCUT2D eigenvalue weighted by Gasteiger charge is 2.33. The predicted molar refractivity (Wildman–Crippen MR) is 169 cm³/mol. The van der Waals surface area contributed by atoms with E-state index >= 15 is 0 Å². The van der Waals surface area contributed by atoms with E-state index in [4.69, 9.17) is 4.74 Å². The van der Waals surface area contributed by atoms with E-state index in [1.165, 1.54) is 17.0 Å². The largest absolute Gasteiger partial charge is 0.457 e. The van der Waals surface area contributed by atoms with Gasteiger partial charge in [0.25, 0.3) is 10.0 Å². The van der Waals surface area contributed by atoms with Crippen LogP contribution in [-0.2, 0) is 26.0 Å². The molecule has 0 heterocycles. The Morgan fingerprint density at radius 3 is 1.91 bits per heavy atom. The number of benzene rings is 4. The van der Waals surface area contributed by atoms with Gasteiger partial charge >= 0.3 is 0 Å². The normalized spacial score (nSPS) is 11.8. The molecule has 0 saturated carbocycles. The standard InChI is InChI=1S/C34H37N3O5S/c1-3-32(34(39)35-4-2)36(25-24-27-14-8-5-9-15-27)33(38)26-37(43(40,41)31-18-12-7-13-19-31)28-20-22-30(23-21-28)42-29-16-10-6-11-17-29/h5-23,32H,3-4,24-26H2,1-2H3,(H,35,39)/t32-/m1/s1. The van der Waals surface area contributed by atoms with Crippen molar-refractivity contribution < 1.29 is 22.7 Å². The second-order valence-corrected chi connectivity index (χ2v) is 11.7. The minimum Gasteiger partial charge on any atom is -0.457 e. The minimum absolute atomic E-state index is 0.0546. The van der Waals surface area contributed by atoms with Crippen LogP contribution in [0.2, 0.25) is 0 Å². The second kappa shape index (κ2) is 15.0. The van der Waals surface area contributed by atoms with Crippen LogP contribution in [0.4, 0.5) is 5.69 Å². The van der Waals surface area contributed by atoms with E-state index in [2.05, 4.69) is 5.32 Å². The lowest BCUT2D eigenvalue weighted by atomic mass is 10.1. The van der Waals surface area contributed by atoms with Crippen LogP contribution in [0.25, 0.3) is 0 Å². The molecule has 8 nitrogen and oxygen atoms in total. The Kier molecular flexibility index (Phi) is 10.9. The van der Waals surface area contributed by atoms with Gasteiger partial charge in [-0.15, -0.1) is 0 Å². The average molecular weight is 600 g/mol. The van der Waals surface area contributed by atoms with Gasteiger partial charge in [-0.05, 0) is 73.9 Å². The molecule has 224 valence electrons. The molecule has 0 unspecified atom stereocenters. The summed E-state index contributed by atoms with van der Waals surface area (Å²) in [6.07, 6.45) is 0.892. The Bertz CT molecular complexity index is 1570. The maximum absolute atomic E-state index is 14.1. The second-order valence-electron chi connectivity index (χ2n) is 9.88. The SMILES string of the molecule is CCNC(=O)[C@@H](CC)N(CCc1ccccc1)C(=O)CN(c1ccc(Oc2ccccc2)cc1)S(=O)(=O)c1ccccc1. The Morgan fingerprint density at radius 2 is 1.33 bits per heavy atom. The number of rotatable bonds is 14. The first-order valence-corrected chi connectivity index (χ1v) is 15.8. The van der Waals surface area contributed by atoms with E-state index in [0.717, 1.165) is 9.87 Å². The summed E-state index contributed by atoms with van der Waals surface area (Å²) in [5.74, 6) is 0.416. The fraction of sp³-hybridized carbons (Fsp3) is 0.235. The molecule has 0 aliphatic rings. The van der Waals surface area contributed by atoms with Crippen LogP contribution in [0.1, 0.15) is 25.8 Å². The zero-order chi connectivity index (χ0) is 30.7. The van der Waals surface area contributed by atoms with Gasteiger partial charge in [-0.3, -0.25) is 13.9 Å². The zero-order valence-electron chi connectivity index (χ0n) is 24.4. The maximum Gasteiger partial charge on any atom is 0.264 e. The number of nitrogens with one attached hydrogen (secondary N) is 1. The Hall–Kier alpha value is -4.63. The quantitative estimate of drug-likeness (QED) is 0.202. The van der Waals surface area contributed by atoms with E-state index in [1.807, 2.05) is 74.5 Å². The molecule has 0 radical (unpaired) electrons. The topological polar surface area (TPSA) is 96.0 Å². The third-order valence-corrected chi connectivity index (χ3v) is 8.72. The number of anilines is 1. The van der Waals surface area contributed by atoms with Crippen LogP contribution in [-0.4, -0.2) is 50.8 Å². The van der Waals surface area contributed by atoms with Crippen LogP contribution in [0.5, 0.6) is 11.5 Å². The van der Waals surface area contributed by atoms with Crippen molar-refractivity contribution in [2.24, 2.45) is 0 Å². The van der Waals surface area contributed by atoms with Gasteiger partial charge in [0.15, 0.2) is 0 Å². The third-order valence-electron chi connectivity index (χ3n) is 6.93. The van der Waals surface area contributed by atoms with Crippen LogP contribution in [0, 0.1) is 0 Å². The summed E-state index contributed by atoms with van der Waals surface area (Å²) in [7, 11) is -4.14. The summed E-state index contributed by atoms with van der Waals surface area (Å²) >= 11 is 0. The molecule has 0 fully saturated rings. The number of para-hydroxylation sites is 1. The smallest absolute Gasteiger partial charge is 0.264 e. The average Bonchev–Trinajstić information content (AvgIpc) is 3.03. The fourth-order valence-corrected chi connectivity index (χ4v) is 6.18. The van der Waals surface area contributed by atoms with E-state index < -0.39 is 28.5 Å². The molecule has 4 aromatic rings. The van der Waals surface area contributed by atoms with E-state index in [9.17, 15) is 18.0 Å². The van der Waals surface area contributed by atoms with Crippen molar-refractivity contribution in [3.05, 3.63) is 121 Å². The number of nitrogens with zero attached hydrogens (tertiary/aromatic N) is 2. The molecule has 0 saturated heterocycles. The lowest BCUT2D eigenvalue weighted by molar-refractivity contribution is -0.139. The summed E-state index contributed by atoms with van der Waals surface area (Å²) in [4.78, 5) is 28.7. The van der Waals surface area contributed by atoms with Gasteiger partial charge in [0.1, 0.15) is 24.1 Å². The van der Waals surface area contributed by atoms with Gasteiger partial charge in [-0.2, -0.15) is 0 Å². The van der Waals surface area contributed by atoms with Gasteiger partial charge < -0.3 is 15.0 Å². The van der Waals surface area contributed by atoms with Crippen molar-refractivity contribution >= 4 is 27.5 Å². The van der Waals surface area contributed by atoms with E-state index in [1.54, 1.807) is 42.5 Å². The molecular formula is C34H37N3O5S. The van der Waals surface area contributed by atoms with E-state index in [-0.39, 0.29) is 17.3 Å². The van der Waals surface area contributed by atoms with Gasteiger partial charge in [0, 0.05) is 13.1 Å². The highest BCUT2D eigenvalue weighted by Crippen LogP contribution is 2.28. The zero-order valence-corrected chi connectivity index (χ0v) is 25.2. The molecule has 0 bridgehead atoms. The minimum atomic E-state index is -4.14. The van der Waals surface area contributed by atoms with Crippen LogP contribution >= 0.6 is 0 Å². The van der Waals surface area contributed by atoms with Crippen molar-refractivity contribution in [3.8, 4) is 11.5 Å². The number of hydrogen-bond donors (Lipinski definition) is 1. The molecular weight excluding hydrogens is 562 g/mol. The van der Waals surface area contributed by atoms with E-state index in [0.29, 0.717) is 36.6 Å². The summed E-state index contributed by atoms with van der Waals surface area (Å²) in [6.45, 7) is 3.84. The first-order chi connectivity index (χ1) is 20.8. The van der Waals surface area contributed by atoms with Gasteiger partial charge in [-0.25, -0.2) is 8.42 Å². The molecule has 4 rings (SSSR count). The summed E-state index contributed by atoms with van der Waals surface area (Å²) < 4.78 is 34.9. The van der Waals surface area contributed by atoms with Crippen LogP contribution < -0.4 is 14.4 Å². The fourth-order valence-electron chi connectivity index (χ4n) is 4.74. The lowest BCUT2D eigenvalue weighted by Gasteiger charge is -2.33. The predicted octanol–water partition coefficient (Wildman–Crippen LogP) is 5.66. The number of hydrogen-bond acceptors (Lipinski definition) is 5. The number of amides is 2. The molecule has 9 heteroatoms. The third kappa shape index (κ3) is 8.23. The van der Waals surface area contributed by atoms with Gasteiger partial charge in [0.2, 0.25) is 11.8 Å². The number of carbonyl (C=O) groups is 2. The van der Waals surface area contributed by atoms with Crippen molar-refractivity contribution in [1.29, 1.82) is 0 Å². The number of carbonyl (C=O) groups excluding carboxylic acids is 2. The summed E-state index contributed by atoms with van der Waals surface area (Å²) in [6, 6.07) is 32.7. The molecule has 0 aliphatic heterocycles. The first kappa shape index (κ1) is 31.3. The van der Waals surface area contributed by atoms with Crippen molar-refractivity contribution in [2.45, 2.75) is 37.6 Å². The summed E-state index contributed by atoms with van der Waals surface area (Å²) in [5.41, 5.74) is 1.31. The number of ether oxygens (including phenoxy) is 1. The molecule has 4 aromatic carbocycles. The van der Waals surface area contributed by atoms with Crippen LogP contribution in [0.15, 0.2) is 120 Å². The molecule has 1 atom stereocenters. The van der Waals surface area contributed by atoms with Gasteiger partial charge in [0.05, 0.1) is 10.6 Å². The van der Waals surface area contributed by atoms with Crippen molar-refractivity contribution in [3.63, 3.8) is 0 Å². The number of sulfonamides is 1. The molecule has 0 aliphatic carbocycles. The van der Waals surface area contributed by atoms with Crippen LogP contribution in [0.3, 0.4) is 0 Å². The lowest BCUT2D eigenvalue weighted by Crippen LogP contribution is -2.53. The Labute approximate surface area is 254 Å². The van der Waals surface area contributed by atoms with Crippen molar-refractivity contribution in [1.82, 2.24) is 10.2 Å². The Morgan fingerprint density at radius 1 is 0.767 bits per heavy atom. The monoisotopic (exact) mass is 599 g/mol. The molecule has 43 heavy (non-hydrogen) atoms. The highest BCUT2D eigenvalue weighted by atomic mass is 32.2. The molecule has 0 aromatic heterocycles. The molecule has 1 N–H and O–H groups in total. The summed E-state index contributed by atoms with van der Waals surface area (Å²) in [5, 5.41) is 2.82. The van der Waals surface area contributed by atoms with Crippen molar-refractivity contribution in [2.75, 3.05) is 23.9 Å². The van der Waals surface area contributed by atoms with Gasteiger partial charge in [-0.1, -0.05) is 73.7 Å². The number of likely N-dealkylation sites (N-methyl/N-ethyl adjacent to an activating group) is 1. The Balaban J connectivity index is 1.67. The molecule has 2 amide bonds. The molecule has 0 spiro atoms. The maximum atomic E-state index is 14.1.